The molecule has 0 aromatic heterocycles. The molecule has 1 fully saturated rings. The molecule has 0 radical (unpaired) electrons. The first-order chi connectivity index (χ1) is 14.3. The maximum absolute atomic E-state index is 12.1. The standard InChI is InChI=1S/C22H24O8/c1-11-17(20(24)25)19(23)21(26)18-15(29-4)9-14(28-3)10-16(18)30-22(11,21)12-5-7-13(27-2)8-6-12/h5-11,17,19,23,26H,1-4H3,(H,24,25)/t11-,17-,19+,21-,22+/m0/s1. The van der Waals surface area contributed by atoms with Gasteiger partial charge in [0.1, 0.15) is 29.1 Å². The highest BCUT2D eigenvalue weighted by Crippen LogP contribution is 2.67. The molecule has 3 N–H and O–H groups in total. The molecule has 1 heterocycles. The minimum atomic E-state index is -2.07. The van der Waals surface area contributed by atoms with Gasteiger partial charge in [-0.15, -0.1) is 0 Å². The van der Waals surface area contributed by atoms with Crippen molar-refractivity contribution in [3.05, 3.63) is 47.5 Å². The average molecular weight is 416 g/mol. The van der Waals surface area contributed by atoms with Gasteiger partial charge in [-0.25, -0.2) is 0 Å². The third-order valence-corrected chi connectivity index (χ3v) is 6.47. The molecule has 1 saturated carbocycles. The van der Waals surface area contributed by atoms with Crippen molar-refractivity contribution in [2.24, 2.45) is 11.8 Å². The van der Waals surface area contributed by atoms with Crippen LogP contribution in [0.15, 0.2) is 36.4 Å². The predicted molar refractivity (Wildman–Crippen MR) is 105 cm³/mol. The zero-order chi connectivity index (χ0) is 21.8. The van der Waals surface area contributed by atoms with Gasteiger partial charge in [0.05, 0.1) is 32.8 Å². The number of aliphatic carboxylic acids is 1. The molecule has 4 rings (SSSR count). The van der Waals surface area contributed by atoms with Gasteiger partial charge >= 0.3 is 5.97 Å². The van der Waals surface area contributed by atoms with E-state index in [4.69, 9.17) is 18.9 Å². The van der Waals surface area contributed by atoms with Gasteiger partial charge in [0.25, 0.3) is 0 Å². The average Bonchev–Trinajstić information content (AvgIpc) is 3.11. The van der Waals surface area contributed by atoms with E-state index in [1.54, 1.807) is 43.3 Å². The second-order valence-corrected chi connectivity index (χ2v) is 7.63. The summed E-state index contributed by atoms with van der Waals surface area (Å²) in [6.07, 6.45) is -1.64. The largest absolute Gasteiger partial charge is 0.497 e. The highest BCUT2D eigenvalue weighted by atomic mass is 16.5. The summed E-state index contributed by atoms with van der Waals surface area (Å²) in [6.45, 7) is 1.65. The summed E-state index contributed by atoms with van der Waals surface area (Å²) in [6, 6.07) is 9.95. The third kappa shape index (κ3) is 2.31. The fourth-order valence-electron chi connectivity index (χ4n) is 5.06. The molecule has 160 valence electrons. The summed E-state index contributed by atoms with van der Waals surface area (Å²) >= 11 is 0. The lowest BCUT2D eigenvalue weighted by Crippen LogP contribution is -2.52. The molecule has 8 nitrogen and oxygen atoms in total. The first-order valence-corrected chi connectivity index (χ1v) is 9.49. The molecule has 0 amide bonds. The van der Waals surface area contributed by atoms with E-state index in [-0.39, 0.29) is 17.1 Å². The molecular weight excluding hydrogens is 392 g/mol. The van der Waals surface area contributed by atoms with E-state index in [0.29, 0.717) is 17.1 Å². The lowest BCUT2D eigenvalue weighted by Gasteiger charge is -2.39. The zero-order valence-corrected chi connectivity index (χ0v) is 17.1. The van der Waals surface area contributed by atoms with Crippen molar-refractivity contribution in [2.75, 3.05) is 21.3 Å². The Labute approximate surface area is 173 Å². The van der Waals surface area contributed by atoms with Crippen molar-refractivity contribution < 1.29 is 39.1 Å². The van der Waals surface area contributed by atoms with Crippen LogP contribution in [0.4, 0.5) is 0 Å². The Kier molecular flexibility index (Phi) is 4.59. The molecule has 0 unspecified atom stereocenters. The monoisotopic (exact) mass is 416 g/mol. The highest BCUT2D eigenvalue weighted by Gasteiger charge is 2.76. The Balaban J connectivity index is 2.03. The molecule has 2 aliphatic rings. The molecule has 0 saturated heterocycles. The molecule has 1 aliphatic carbocycles. The van der Waals surface area contributed by atoms with Gasteiger partial charge in [-0.05, 0) is 17.7 Å². The van der Waals surface area contributed by atoms with Crippen LogP contribution in [0.2, 0.25) is 0 Å². The Morgan fingerprint density at radius 3 is 2.20 bits per heavy atom. The lowest BCUT2D eigenvalue weighted by molar-refractivity contribution is -0.160. The van der Waals surface area contributed by atoms with E-state index >= 15 is 0 Å². The van der Waals surface area contributed by atoms with Crippen LogP contribution in [0, 0.1) is 11.8 Å². The first-order valence-electron chi connectivity index (χ1n) is 9.49. The van der Waals surface area contributed by atoms with Crippen molar-refractivity contribution in [1.29, 1.82) is 0 Å². The summed E-state index contributed by atoms with van der Waals surface area (Å²) in [7, 11) is 4.44. The Morgan fingerprint density at radius 1 is 1.03 bits per heavy atom. The van der Waals surface area contributed by atoms with Crippen LogP contribution in [0.5, 0.6) is 23.0 Å². The summed E-state index contributed by atoms with van der Waals surface area (Å²) in [5.41, 5.74) is -2.93. The number of carboxylic acids is 1. The lowest BCUT2D eigenvalue weighted by atomic mass is 9.73. The van der Waals surface area contributed by atoms with Crippen molar-refractivity contribution in [2.45, 2.75) is 24.2 Å². The van der Waals surface area contributed by atoms with Crippen LogP contribution >= 0.6 is 0 Å². The van der Waals surface area contributed by atoms with E-state index in [1.807, 2.05) is 0 Å². The van der Waals surface area contributed by atoms with Gasteiger partial charge < -0.3 is 34.3 Å². The number of ether oxygens (including phenoxy) is 4. The van der Waals surface area contributed by atoms with Gasteiger partial charge in [0.15, 0.2) is 11.2 Å². The quantitative estimate of drug-likeness (QED) is 0.677. The number of benzene rings is 2. The van der Waals surface area contributed by atoms with Gasteiger partial charge in [-0.1, -0.05) is 19.1 Å². The van der Waals surface area contributed by atoms with E-state index < -0.39 is 35.1 Å². The van der Waals surface area contributed by atoms with Crippen LogP contribution in [0.1, 0.15) is 18.1 Å². The highest BCUT2D eigenvalue weighted by molar-refractivity contribution is 5.75. The summed E-state index contributed by atoms with van der Waals surface area (Å²) in [5.74, 6) is -1.74. The molecule has 2 aromatic rings. The number of carbonyl (C=O) groups is 1. The molecule has 30 heavy (non-hydrogen) atoms. The van der Waals surface area contributed by atoms with Crippen LogP contribution < -0.4 is 18.9 Å². The topological polar surface area (TPSA) is 115 Å². The van der Waals surface area contributed by atoms with Gasteiger partial charge in [-0.3, -0.25) is 4.79 Å². The Bertz CT molecular complexity index is 987. The van der Waals surface area contributed by atoms with Crippen molar-refractivity contribution in [1.82, 2.24) is 0 Å². The van der Waals surface area contributed by atoms with Crippen LogP contribution in [0.25, 0.3) is 0 Å². The van der Waals surface area contributed by atoms with E-state index in [2.05, 4.69) is 0 Å². The minimum absolute atomic E-state index is 0.199. The Hall–Kier alpha value is -2.97. The van der Waals surface area contributed by atoms with Gasteiger partial charge in [0, 0.05) is 18.1 Å². The second kappa shape index (κ2) is 6.78. The van der Waals surface area contributed by atoms with Crippen molar-refractivity contribution >= 4 is 5.97 Å². The third-order valence-electron chi connectivity index (χ3n) is 6.47. The number of rotatable bonds is 5. The normalized spacial score (nSPS) is 31.5. The van der Waals surface area contributed by atoms with Crippen LogP contribution in [-0.4, -0.2) is 48.7 Å². The number of aliphatic hydroxyl groups excluding tert-OH is 1. The number of methoxy groups -OCH3 is 3. The maximum Gasteiger partial charge on any atom is 0.309 e. The number of aliphatic hydroxyl groups is 2. The molecule has 0 bridgehead atoms. The van der Waals surface area contributed by atoms with Gasteiger partial charge in [0.2, 0.25) is 0 Å². The van der Waals surface area contributed by atoms with Crippen LogP contribution in [0.3, 0.4) is 0 Å². The minimum Gasteiger partial charge on any atom is -0.497 e. The second-order valence-electron chi connectivity index (χ2n) is 7.63. The molecule has 5 atom stereocenters. The SMILES string of the molecule is COc1ccc([C@@]23Oc4cc(OC)cc(OC)c4[C@]2(O)[C@H](O)[C@@H](C(=O)O)[C@@H]3C)cc1. The van der Waals surface area contributed by atoms with Gasteiger partial charge in [-0.2, -0.15) is 0 Å². The smallest absolute Gasteiger partial charge is 0.309 e. The summed E-state index contributed by atoms with van der Waals surface area (Å²) < 4.78 is 22.3. The zero-order valence-electron chi connectivity index (χ0n) is 17.1. The molecule has 1 aliphatic heterocycles. The number of carboxylic acid groups (broad SMARTS) is 1. The first kappa shape index (κ1) is 20.3. The fraction of sp³-hybridized carbons (Fsp3) is 0.409. The molecule has 8 heteroatoms. The number of fused-ring (bicyclic) bond motifs is 3. The molecular formula is C22H24O8. The summed E-state index contributed by atoms with van der Waals surface area (Å²) in [4.78, 5) is 12.0. The number of hydrogen-bond acceptors (Lipinski definition) is 7. The van der Waals surface area contributed by atoms with E-state index in [1.165, 1.54) is 21.3 Å². The Morgan fingerprint density at radius 2 is 1.67 bits per heavy atom. The van der Waals surface area contributed by atoms with E-state index in [0.717, 1.165) is 0 Å². The van der Waals surface area contributed by atoms with Crippen molar-refractivity contribution in [3.63, 3.8) is 0 Å². The maximum atomic E-state index is 12.1. The molecule has 2 aromatic carbocycles. The van der Waals surface area contributed by atoms with E-state index in [9.17, 15) is 20.1 Å². The van der Waals surface area contributed by atoms with Crippen LogP contribution in [-0.2, 0) is 16.0 Å². The fourth-order valence-corrected chi connectivity index (χ4v) is 5.06. The summed E-state index contributed by atoms with van der Waals surface area (Å²) in [5, 5.41) is 33.0. The van der Waals surface area contributed by atoms with Crippen molar-refractivity contribution in [3.8, 4) is 23.0 Å². The predicted octanol–water partition coefficient (Wildman–Crippen LogP) is 1.90. The number of hydrogen-bond donors (Lipinski definition) is 3. The molecule has 0 spiro atoms.